The first-order valence-electron chi connectivity index (χ1n) is 9.32. The first kappa shape index (κ1) is 18.3. The van der Waals surface area contributed by atoms with Crippen molar-refractivity contribution in [3.8, 4) is 0 Å². The Bertz CT molecular complexity index is 1170. The number of hydrogen-bond donors (Lipinski definition) is 1. The topological polar surface area (TPSA) is 73.7 Å². The zero-order valence-electron chi connectivity index (χ0n) is 16.1. The number of urea groups is 1. The highest BCUT2D eigenvalue weighted by Gasteiger charge is 2.27. The van der Waals surface area contributed by atoms with Crippen LogP contribution in [0, 0.1) is 0 Å². The summed E-state index contributed by atoms with van der Waals surface area (Å²) in [5, 5.41) is 5.08. The molecule has 148 valence electrons. The highest BCUT2D eigenvalue weighted by Crippen LogP contribution is 2.39. The average Bonchev–Trinajstić information content (AvgIpc) is 3.30. The van der Waals surface area contributed by atoms with Crippen molar-refractivity contribution < 1.29 is 4.79 Å². The Labute approximate surface area is 177 Å². The van der Waals surface area contributed by atoms with Crippen molar-refractivity contribution >= 4 is 56.9 Å². The second-order valence-corrected chi connectivity index (χ2v) is 8.87. The first-order valence-corrected chi connectivity index (χ1v) is 10.5. The maximum atomic E-state index is 12.4. The lowest BCUT2D eigenvalue weighted by Crippen LogP contribution is -2.41. The van der Waals surface area contributed by atoms with Crippen molar-refractivity contribution in [1.29, 1.82) is 0 Å². The van der Waals surface area contributed by atoms with E-state index >= 15 is 0 Å². The van der Waals surface area contributed by atoms with Gasteiger partial charge < -0.3 is 15.1 Å². The van der Waals surface area contributed by atoms with Crippen LogP contribution in [0.5, 0.6) is 0 Å². The molecule has 2 amide bonds. The minimum atomic E-state index is 0.0316. The summed E-state index contributed by atoms with van der Waals surface area (Å²) in [7, 11) is 3.56. The van der Waals surface area contributed by atoms with E-state index < -0.39 is 0 Å². The van der Waals surface area contributed by atoms with Crippen LogP contribution in [0.4, 0.5) is 16.3 Å². The van der Waals surface area contributed by atoms with E-state index in [0.29, 0.717) is 24.7 Å². The fraction of sp³-hybridized carbons (Fsp3) is 0.300. The summed E-state index contributed by atoms with van der Waals surface area (Å²) < 4.78 is 0. The van der Waals surface area contributed by atoms with Gasteiger partial charge in [-0.25, -0.2) is 14.8 Å². The molecule has 0 unspecified atom stereocenters. The standard InChI is InChI=1S/C20H19ClN6OS/c1-26(2)20(28)27-4-3-13-16(9-27)29-19-17(13)18(23-10-24-19)25-15-6-12-8-22-7-11(12)5-14(15)21/h5-6,8,10H,3-4,7,9H2,1-2H3,(H,23,24,25). The van der Waals surface area contributed by atoms with Crippen LogP contribution in [0.3, 0.4) is 0 Å². The van der Waals surface area contributed by atoms with Crippen LogP contribution in [0.15, 0.2) is 23.5 Å². The van der Waals surface area contributed by atoms with Crippen molar-refractivity contribution in [2.45, 2.75) is 19.5 Å². The number of carbonyl (C=O) groups is 1. The first-order chi connectivity index (χ1) is 14.0. The molecular formula is C20H19ClN6OS. The average molecular weight is 427 g/mol. The van der Waals surface area contributed by atoms with Gasteiger partial charge in [0.05, 0.1) is 29.2 Å². The van der Waals surface area contributed by atoms with Gasteiger partial charge >= 0.3 is 6.03 Å². The molecule has 5 rings (SSSR count). The van der Waals surface area contributed by atoms with Gasteiger partial charge in [-0.15, -0.1) is 11.3 Å². The maximum absolute atomic E-state index is 12.4. The Kier molecular flexibility index (Phi) is 4.40. The van der Waals surface area contributed by atoms with Gasteiger partial charge in [0.25, 0.3) is 0 Å². The Morgan fingerprint density at radius 2 is 2.17 bits per heavy atom. The normalized spacial score (nSPS) is 14.8. The number of aromatic nitrogens is 2. The van der Waals surface area contributed by atoms with Crippen LogP contribution < -0.4 is 5.32 Å². The molecule has 0 fully saturated rings. The molecule has 1 aromatic carbocycles. The Morgan fingerprint density at radius 1 is 1.31 bits per heavy atom. The number of carbonyl (C=O) groups excluding carboxylic acids is 1. The number of amides is 2. The molecule has 2 aromatic heterocycles. The number of nitrogens with zero attached hydrogens (tertiary/aromatic N) is 5. The van der Waals surface area contributed by atoms with Crippen molar-refractivity contribution in [2.75, 3.05) is 26.0 Å². The van der Waals surface area contributed by atoms with Crippen molar-refractivity contribution in [3.63, 3.8) is 0 Å². The SMILES string of the molecule is CN(C)C(=O)N1CCc2c(sc3ncnc(Nc4cc5c(cc4Cl)CN=C5)c23)C1. The summed E-state index contributed by atoms with van der Waals surface area (Å²) in [5.74, 6) is 0.747. The van der Waals surface area contributed by atoms with Crippen LogP contribution in [0.2, 0.25) is 5.02 Å². The zero-order valence-corrected chi connectivity index (χ0v) is 17.6. The predicted molar refractivity (Wildman–Crippen MR) is 117 cm³/mol. The number of anilines is 2. The molecule has 0 saturated heterocycles. The molecule has 2 aliphatic rings. The highest BCUT2D eigenvalue weighted by atomic mass is 35.5. The number of nitrogens with one attached hydrogen (secondary N) is 1. The molecule has 0 spiro atoms. The number of benzene rings is 1. The molecule has 0 saturated carbocycles. The van der Waals surface area contributed by atoms with Crippen LogP contribution >= 0.6 is 22.9 Å². The van der Waals surface area contributed by atoms with Crippen molar-refractivity contribution in [1.82, 2.24) is 19.8 Å². The van der Waals surface area contributed by atoms with E-state index in [-0.39, 0.29) is 6.03 Å². The van der Waals surface area contributed by atoms with E-state index in [1.54, 1.807) is 36.7 Å². The van der Waals surface area contributed by atoms with E-state index in [0.717, 1.165) is 44.1 Å². The summed E-state index contributed by atoms with van der Waals surface area (Å²) in [5.41, 5.74) is 4.23. The fourth-order valence-corrected chi connectivity index (χ4v) is 5.26. The third-order valence-corrected chi connectivity index (χ3v) is 6.70. The molecule has 0 atom stereocenters. The molecule has 2 aliphatic heterocycles. The third kappa shape index (κ3) is 3.12. The highest BCUT2D eigenvalue weighted by molar-refractivity contribution is 7.19. The van der Waals surface area contributed by atoms with Gasteiger partial charge in [-0.3, -0.25) is 4.99 Å². The van der Waals surface area contributed by atoms with E-state index in [1.165, 1.54) is 5.56 Å². The van der Waals surface area contributed by atoms with Gasteiger partial charge in [0.15, 0.2) is 0 Å². The largest absolute Gasteiger partial charge is 0.338 e. The van der Waals surface area contributed by atoms with E-state index in [9.17, 15) is 4.79 Å². The Balaban J connectivity index is 1.52. The van der Waals surface area contributed by atoms with Crippen LogP contribution in [-0.4, -0.2) is 52.7 Å². The van der Waals surface area contributed by atoms with Crippen molar-refractivity contribution in [3.05, 3.63) is 45.1 Å². The molecule has 1 N–H and O–H groups in total. The lowest BCUT2D eigenvalue weighted by Gasteiger charge is -2.29. The number of hydrogen-bond acceptors (Lipinski definition) is 6. The summed E-state index contributed by atoms with van der Waals surface area (Å²) in [4.78, 5) is 31.2. The summed E-state index contributed by atoms with van der Waals surface area (Å²) in [6.07, 6.45) is 4.22. The van der Waals surface area contributed by atoms with Gasteiger partial charge in [-0.1, -0.05) is 11.6 Å². The number of fused-ring (bicyclic) bond motifs is 4. The predicted octanol–water partition coefficient (Wildman–Crippen LogP) is 4.06. The van der Waals surface area contributed by atoms with Crippen LogP contribution in [-0.2, 0) is 19.5 Å². The van der Waals surface area contributed by atoms with Crippen LogP contribution in [0.1, 0.15) is 21.6 Å². The lowest BCUT2D eigenvalue weighted by atomic mass is 10.0. The molecule has 0 bridgehead atoms. The van der Waals surface area contributed by atoms with E-state index in [4.69, 9.17) is 11.6 Å². The Morgan fingerprint density at radius 3 is 3.00 bits per heavy atom. The number of rotatable bonds is 2. The van der Waals surface area contributed by atoms with E-state index in [1.807, 2.05) is 23.2 Å². The fourth-order valence-electron chi connectivity index (χ4n) is 3.82. The van der Waals surface area contributed by atoms with Crippen LogP contribution in [0.25, 0.3) is 10.2 Å². The molecule has 29 heavy (non-hydrogen) atoms. The smallest absolute Gasteiger partial charge is 0.319 e. The molecule has 3 aromatic rings. The monoisotopic (exact) mass is 426 g/mol. The molecule has 0 radical (unpaired) electrons. The molecule has 4 heterocycles. The van der Waals surface area contributed by atoms with Gasteiger partial charge in [-0.05, 0) is 35.2 Å². The second kappa shape index (κ2) is 6.96. The number of halogens is 1. The van der Waals surface area contributed by atoms with Gasteiger partial charge in [0, 0.05) is 31.7 Å². The van der Waals surface area contributed by atoms with Crippen molar-refractivity contribution in [2.24, 2.45) is 4.99 Å². The minimum absolute atomic E-state index is 0.0316. The summed E-state index contributed by atoms with van der Waals surface area (Å²) in [6.45, 7) is 1.95. The Hall–Kier alpha value is -2.71. The summed E-state index contributed by atoms with van der Waals surface area (Å²) >= 11 is 8.13. The van der Waals surface area contributed by atoms with Gasteiger partial charge in [0.2, 0.25) is 0 Å². The zero-order chi connectivity index (χ0) is 20.1. The quantitative estimate of drug-likeness (QED) is 0.670. The maximum Gasteiger partial charge on any atom is 0.319 e. The number of aliphatic imine (C=N–C) groups is 1. The molecule has 0 aliphatic carbocycles. The molecule has 7 nitrogen and oxygen atoms in total. The third-order valence-electron chi connectivity index (χ3n) is 5.26. The minimum Gasteiger partial charge on any atom is -0.338 e. The van der Waals surface area contributed by atoms with Gasteiger partial charge in [-0.2, -0.15) is 0 Å². The lowest BCUT2D eigenvalue weighted by molar-refractivity contribution is 0.166. The number of thiophene rings is 1. The van der Waals surface area contributed by atoms with E-state index in [2.05, 4.69) is 20.3 Å². The van der Waals surface area contributed by atoms with Gasteiger partial charge in [0.1, 0.15) is 17.0 Å². The second-order valence-electron chi connectivity index (χ2n) is 7.38. The molecular weight excluding hydrogens is 408 g/mol. The summed E-state index contributed by atoms with van der Waals surface area (Å²) in [6, 6.07) is 4.00. The molecule has 9 heteroatoms.